The summed E-state index contributed by atoms with van der Waals surface area (Å²) in [6, 6.07) is 0. The Balaban J connectivity index is 2.95. The number of carboxylic acid groups (broad SMARTS) is 1. The van der Waals surface area contributed by atoms with Crippen LogP contribution in [0.4, 0.5) is 5.82 Å². The number of aromatic carboxylic acids is 1. The first-order valence-electron chi connectivity index (χ1n) is 5.34. The molecule has 1 aromatic rings. The van der Waals surface area contributed by atoms with Crippen molar-refractivity contribution in [3.8, 4) is 0 Å². The zero-order chi connectivity index (χ0) is 13.2. The molecule has 1 rings (SSSR count). The number of hydrogen-bond donors (Lipinski definition) is 2. The summed E-state index contributed by atoms with van der Waals surface area (Å²) in [5.74, 6) is -0.378. The van der Waals surface area contributed by atoms with Crippen LogP contribution in [0.15, 0.2) is 0 Å². The molecule has 0 bridgehead atoms. The second-order valence-electron chi connectivity index (χ2n) is 4.56. The number of carbonyl (C=O) groups is 1. The van der Waals surface area contributed by atoms with Crippen LogP contribution >= 0.6 is 11.8 Å². The van der Waals surface area contributed by atoms with E-state index in [2.05, 4.69) is 24.3 Å². The smallest absolute Gasteiger partial charge is 0.341 e. The van der Waals surface area contributed by atoms with Crippen LogP contribution in [0, 0.1) is 6.92 Å². The summed E-state index contributed by atoms with van der Waals surface area (Å²) in [7, 11) is 1.74. The molecule has 1 aromatic heterocycles. The number of nitrogens with zero attached hydrogens (tertiary/aromatic N) is 2. The van der Waals surface area contributed by atoms with Crippen molar-refractivity contribution in [3.63, 3.8) is 0 Å². The second-order valence-corrected chi connectivity index (χ2v) is 6.07. The van der Waals surface area contributed by atoms with Crippen LogP contribution in [0.2, 0.25) is 0 Å². The summed E-state index contributed by atoms with van der Waals surface area (Å²) in [6.45, 7) is 6.60. The fourth-order valence-electron chi connectivity index (χ4n) is 1.49. The summed E-state index contributed by atoms with van der Waals surface area (Å²) >= 11 is 1.73. The Morgan fingerprint density at radius 1 is 1.59 bits per heavy atom. The van der Waals surface area contributed by atoms with Gasteiger partial charge in [-0.05, 0) is 27.0 Å². The zero-order valence-electron chi connectivity index (χ0n) is 10.9. The second kappa shape index (κ2) is 5.00. The van der Waals surface area contributed by atoms with Gasteiger partial charge in [-0.15, -0.1) is 0 Å². The van der Waals surface area contributed by atoms with Crippen LogP contribution in [0.5, 0.6) is 0 Å². The number of carboxylic acids is 1. The van der Waals surface area contributed by atoms with Gasteiger partial charge in [0.15, 0.2) is 0 Å². The van der Waals surface area contributed by atoms with Crippen molar-refractivity contribution >= 4 is 23.5 Å². The third kappa shape index (κ3) is 3.15. The highest BCUT2D eigenvalue weighted by Crippen LogP contribution is 2.24. The molecule has 96 valence electrons. The minimum atomic E-state index is -0.944. The van der Waals surface area contributed by atoms with Gasteiger partial charge in [0.25, 0.3) is 0 Å². The van der Waals surface area contributed by atoms with Gasteiger partial charge in [0.1, 0.15) is 11.4 Å². The van der Waals surface area contributed by atoms with Crippen molar-refractivity contribution in [3.05, 3.63) is 11.3 Å². The van der Waals surface area contributed by atoms with Gasteiger partial charge in [-0.3, -0.25) is 4.68 Å². The number of nitrogens with one attached hydrogen (secondary N) is 1. The summed E-state index contributed by atoms with van der Waals surface area (Å²) in [5, 5.41) is 16.4. The Morgan fingerprint density at radius 3 is 2.65 bits per heavy atom. The molecule has 2 N–H and O–H groups in total. The van der Waals surface area contributed by atoms with Crippen molar-refractivity contribution in [1.29, 1.82) is 0 Å². The molecule has 0 aromatic carbocycles. The monoisotopic (exact) mass is 257 g/mol. The fraction of sp³-hybridized carbons (Fsp3) is 0.636. The molecule has 0 fully saturated rings. The Labute approximate surface area is 106 Å². The zero-order valence-corrected chi connectivity index (χ0v) is 11.7. The van der Waals surface area contributed by atoms with E-state index in [-0.39, 0.29) is 10.3 Å². The first-order chi connectivity index (χ1) is 7.78. The number of aromatic nitrogens is 2. The molecule has 0 spiro atoms. The van der Waals surface area contributed by atoms with Crippen LogP contribution in [0.25, 0.3) is 0 Å². The average molecular weight is 257 g/mol. The van der Waals surface area contributed by atoms with Gasteiger partial charge in [-0.2, -0.15) is 16.9 Å². The van der Waals surface area contributed by atoms with Gasteiger partial charge >= 0.3 is 5.97 Å². The van der Waals surface area contributed by atoms with Gasteiger partial charge in [-0.1, -0.05) is 0 Å². The molecule has 0 aliphatic carbocycles. The van der Waals surface area contributed by atoms with E-state index in [0.29, 0.717) is 18.1 Å². The van der Waals surface area contributed by atoms with Crippen molar-refractivity contribution < 1.29 is 9.90 Å². The molecule has 0 saturated heterocycles. The van der Waals surface area contributed by atoms with Crippen molar-refractivity contribution in [2.75, 3.05) is 18.1 Å². The number of rotatable bonds is 5. The van der Waals surface area contributed by atoms with E-state index in [1.807, 2.05) is 6.26 Å². The summed E-state index contributed by atoms with van der Waals surface area (Å²) in [4.78, 5) is 11.2. The van der Waals surface area contributed by atoms with E-state index in [1.54, 1.807) is 30.4 Å². The van der Waals surface area contributed by atoms with Crippen LogP contribution in [-0.4, -0.2) is 38.4 Å². The molecule has 0 amide bonds. The minimum Gasteiger partial charge on any atom is -0.477 e. The molecule has 0 radical (unpaired) electrons. The van der Waals surface area contributed by atoms with E-state index in [9.17, 15) is 4.79 Å². The lowest BCUT2D eigenvalue weighted by Gasteiger charge is -2.23. The van der Waals surface area contributed by atoms with Crippen LogP contribution in [0.1, 0.15) is 29.9 Å². The maximum absolute atomic E-state index is 11.2. The molecule has 0 saturated carbocycles. The van der Waals surface area contributed by atoms with E-state index < -0.39 is 5.97 Å². The third-order valence-electron chi connectivity index (χ3n) is 2.67. The number of hydrogen-bond acceptors (Lipinski definition) is 4. The Hall–Kier alpha value is -1.17. The Kier molecular flexibility index (Phi) is 4.08. The van der Waals surface area contributed by atoms with Gasteiger partial charge in [0.05, 0.1) is 5.69 Å². The molecule has 0 unspecified atom stereocenters. The lowest BCUT2D eigenvalue weighted by atomic mass is 10.2. The topological polar surface area (TPSA) is 67.2 Å². The van der Waals surface area contributed by atoms with Crippen LogP contribution in [-0.2, 0) is 7.05 Å². The highest BCUT2D eigenvalue weighted by molar-refractivity contribution is 7.99. The van der Waals surface area contributed by atoms with Crippen LogP contribution in [0.3, 0.4) is 0 Å². The highest BCUT2D eigenvalue weighted by atomic mass is 32.2. The third-order valence-corrected chi connectivity index (χ3v) is 3.92. The lowest BCUT2D eigenvalue weighted by Crippen LogP contribution is -2.27. The predicted molar refractivity (Wildman–Crippen MR) is 71.0 cm³/mol. The Morgan fingerprint density at radius 2 is 2.18 bits per heavy atom. The number of anilines is 1. The van der Waals surface area contributed by atoms with E-state index in [4.69, 9.17) is 5.11 Å². The normalized spacial score (nSPS) is 11.6. The van der Waals surface area contributed by atoms with E-state index in [1.165, 1.54) is 0 Å². The molecular weight excluding hydrogens is 238 g/mol. The summed E-state index contributed by atoms with van der Waals surface area (Å²) in [6.07, 6.45) is 2.04. The quantitative estimate of drug-likeness (QED) is 0.844. The van der Waals surface area contributed by atoms with E-state index in [0.717, 1.165) is 0 Å². The predicted octanol–water partition coefficient (Wildman–Crippen LogP) is 1.98. The largest absolute Gasteiger partial charge is 0.477 e. The maximum atomic E-state index is 11.2. The van der Waals surface area contributed by atoms with Gasteiger partial charge in [0, 0.05) is 18.3 Å². The first-order valence-corrected chi connectivity index (χ1v) is 6.57. The van der Waals surface area contributed by atoms with Crippen molar-refractivity contribution in [2.24, 2.45) is 7.05 Å². The molecule has 0 aliphatic rings. The molecule has 6 heteroatoms. The van der Waals surface area contributed by atoms with Crippen molar-refractivity contribution in [1.82, 2.24) is 9.78 Å². The Bertz CT molecular complexity index is 427. The summed E-state index contributed by atoms with van der Waals surface area (Å²) < 4.78 is 1.63. The van der Waals surface area contributed by atoms with Gasteiger partial charge in [-0.25, -0.2) is 4.79 Å². The number of aryl methyl sites for hydroxylation is 2. The van der Waals surface area contributed by atoms with E-state index >= 15 is 0 Å². The molecular formula is C11H19N3O2S. The molecule has 17 heavy (non-hydrogen) atoms. The first kappa shape index (κ1) is 13.9. The van der Waals surface area contributed by atoms with Crippen LogP contribution < -0.4 is 5.32 Å². The fourth-order valence-corrected chi connectivity index (χ4v) is 1.70. The number of thioether (sulfide) groups is 1. The van der Waals surface area contributed by atoms with Gasteiger partial charge in [0.2, 0.25) is 0 Å². The molecule has 0 atom stereocenters. The molecule has 5 nitrogen and oxygen atoms in total. The van der Waals surface area contributed by atoms with Gasteiger partial charge < -0.3 is 10.4 Å². The maximum Gasteiger partial charge on any atom is 0.341 e. The SMILES string of the molecule is CSC(C)(C)CNc1c(C(=O)O)c(C)nn1C. The minimum absolute atomic E-state index is 0.0496. The summed E-state index contributed by atoms with van der Waals surface area (Å²) in [5.41, 5.74) is 0.786. The average Bonchev–Trinajstić information content (AvgIpc) is 2.50. The molecule has 1 heterocycles. The standard InChI is InChI=1S/C11H19N3O2S/c1-7-8(10(15)16)9(14(4)13-7)12-6-11(2,3)17-5/h12H,6H2,1-5H3,(H,15,16). The van der Waals surface area contributed by atoms with Crippen molar-refractivity contribution in [2.45, 2.75) is 25.5 Å². The highest BCUT2D eigenvalue weighted by Gasteiger charge is 2.22. The molecule has 0 aliphatic heterocycles. The lowest BCUT2D eigenvalue weighted by molar-refractivity contribution is 0.0697.